The average Bonchev–Trinajstić information content (AvgIpc) is 2.91. The van der Waals surface area contributed by atoms with Crippen LogP contribution >= 0.6 is 7.49 Å². The topological polar surface area (TPSA) is 95.0 Å². The van der Waals surface area contributed by atoms with Crippen LogP contribution in [0.3, 0.4) is 0 Å². The lowest BCUT2D eigenvalue weighted by Crippen LogP contribution is -2.41. The number of nitrogens with one attached hydrogen (secondary N) is 1. The summed E-state index contributed by atoms with van der Waals surface area (Å²) >= 11 is 0. The van der Waals surface area contributed by atoms with Gasteiger partial charge in [0.25, 0.3) is 5.56 Å². The minimum absolute atomic E-state index is 0.239. The number of hydrogen-bond acceptors (Lipinski definition) is 6. The summed E-state index contributed by atoms with van der Waals surface area (Å²) in [6, 6.07) is 20.0. The summed E-state index contributed by atoms with van der Waals surface area (Å²) in [6.45, 7) is 1.11. The van der Waals surface area contributed by atoms with Crippen LogP contribution in [0.15, 0.2) is 77.7 Å². The maximum Gasteiger partial charge on any atom is 0.272 e. The monoisotopic (exact) mass is 500 g/mol. The molecular weight excluding hydrogens is 476 g/mol. The second-order valence-corrected chi connectivity index (χ2v) is 12.3. The van der Waals surface area contributed by atoms with Gasteiger partial charge < -0.3 is 4.90 Å². The molecule has 0 saturated carbocycles. The normalized spacial score (nSPS) is 15.4. The Hall–Kier alpha value is -3.74. The molecule has 5 aromatic rings. The average molecular weight is 500 g/mol. The van der Waals surface area contributed by atoms with E-state index in [2.05, 4.69) is 25.1 Å². The first-order valence-corrected chi connectivity index (χ1v) is 13.9. The van der Waals surface area contributed by atoms with Crippen molar-refractivity contribution in [1.82, 2.24) is 20.2 Å². The van der Waals surface area contributed by atoms with E-state index in [0.717, 1.165) is 21.9 Å². The smallest absolute Gasteiger partial charge is 0.272 e. The van der Waals surface area contributed by atoms with Gasteiger partial charge in [-0.3, -0.25) is 4.79 Å². The van der Waals surface area contributed by atoms with Crippen LogP contribution in [0.1, 0.15) is 11.3 Å². The van der Waals surface area contributed by atoms with Crippen LogP contribution in [0, 0.1) is 5.82 Å². The number of hydrogen-bond donors (Lipinski definition) is 2. The highest BCUT2D eigenvalue weighted by molar-refractivity contribution is 7.77. The molecule has 7 nitrogen and oxygen atoms in total. The highest BCUT2D eigenvalue weighted by atomic mass is 31.2. The van der Waals surface area contributed by atoms with Gasteiger partial charge in [-0.2, -0.15) is 5.10 Å². The molecule has 2 aromatic heterocycles. The van der Waals surface area contributed by atoms with E-state index in [0.29, 0.717) is 54.2 Å². The summed E-state index contributed by atoms with van der Waals surface area (Å²) in [5, 5.41) is 9.51. The minimum atomic E-state index is -2.70. The van der Waals surface area contributed by atoms with E-state index in [9.17, 15) is 9.69 Å². The number of H-pyrrole nitrogens is 1. The van der Waals surface area contributed by atoms with Crippen molar-refractivity contribution in [3.05, 3.63) is 100 Å². The van der Waals surface area contributed by atoms with Gasteiger partial charge in [0.2, 0.25) is 5.95 Å². The molecule has 2 N–H and O–H groups in total. The lowest BCUT2D eigenvalue weighted by atomic mass is 10.0. The highest BCUT2D eigenvalue weighted by Gasteiger charge is 2.45. The second-order valence-electron chi connectivity index (χ2n) is 9.09. The molecule has 0 aliphatic carbocycles. The van der Waals surface area contributed by atoms with Crippen molar-refractivity contribution < 1.29 is 9.28 Å². The van der Waals surface area contributed by atoms with E-state index in [1.807, 2.05) is 48.7 Å². The zero-order valence-corrected chi connectivity index (χ0v) is 20.3. The summed E-state index contributed by atoms with van der Waals surface area (Å²) in [4.78, 5) is 34.9. The van der Waals surface area contributed by atoms with Crippen molar-refractivity contribution in [1.29, 1.82) is 0 Å². The van der Waals surface area contributed by atoms with Crippen LogP contribution in [-0.4, -0.2) is 50.5 Å². The van der Waals surface area contributed by atoms with Gasteiger partial charge >= 0.3 is 0 Å². The third-order valence-corrected chi connectivity index (χ3v) is 9.96. The van der Waals surface area contributed by atoms with Crippen molar-refractivity contribution in [3.63, 3.8) is 0 Å². The Labute approximate surface area is 207 Å². The third kappa shape index (κ3) is 4.12. The van der Waals surface area contributed by atoms with E-state index in [-0.39, 0.29) is 11.4 Å². The number of rotatable bonds is 4. The number of benzene rings is 3. The predicted octanol–water partition coefficient (Wildman–Crippen LogP) is 3.67. The van der Waals surface area contributed by atoms with Gasteiger partial charge in [-0.25, -0.2) is 24.4 Å². The molecule has 36 heavy (non-hydrogen) atoms. The van der Waals surface area contributed by atoms with Crippen molar-refractivity contribution in [2.75, 3.05) is 30.3 Å². The van der Waals surface area contributed by atoms with Crippen LogP contribution in [0.25, 0.3) is 21.7 Å². The minimum Gasteiger partial charge on any atom is -0.333 e. The molecule has 1 fully saturated rings. The van der Waals surface area contributed by atoms with Crippen molar-refractivity contribution in [2.24, 2.45) is 0 Å². The molecule has 9 heteroatoms. The number of aromatic nitrogens is 4. The quantitative estimate of drug-likeness (QED) is 0.366. The lowest BCUT2D eigenvalue weighted by Gasteiger charge is -2.32. The fourth-order valence-corrected chi connectivity index (χ4v) is 7.57. The van der Waals surface area contributed by atoms with Gasteiger partial charge in [0.1, 0.15) is 12.3 Å². The molecule has 0 radical (unpaired) electrons. The zero-order valence-electron chi connectivity index (χ0n) is 19.4. The first-order valence-electron chi connectivity index (χ1n) is 11.8. The van der Waals surface area contributed by atoms with Gasteiger partial charge in [0.15, 0.2) is 18.6 Å². The summed E-state index contributed by atoms with van der Waals surface area (Å²) in [5.41, 5.74) is 2.18. The molecule has 0 atom stereocenters. The fourth-order valence-electron chi connectivity index (χ4n) is 4.84. The Balaban J connectivity index is 1.25. The molecule has 3 aromatic carbocycles. The summed E-state index contributed by atoms with van der Waals surface area (Å²) in [6.07, 6.45) is 3.15. The largest absolute Gasteiger partial charge is 0.333 e. The van der Waals surface area contributed by atoms with Crippen LogP contribution in [-0.2, 0) is 6.42 Å². The van der Waals surface area contributed by atoms with Crippen molar-refractivity contribution >= 4 is 40.4 Å². The van der Waals surface area contributed by atoms with Gasteiger partial charge in [-0.15, -0.1) is 0 Å². The summed E-state index contributed by atoms with van der Waals surface area (Å²) in [7, 11) is -2.70. The molecule has 3 heterocycles. The number of nitrogens with zero attached hydrogens (tertiary/aromatic N) is 4. The molecule has 0 spiro atoms. The first-order chi connectivity index (χ1) is 17.5. The number of aromatic amines is 1. The fraction of sp³-hybridized carbons (Fsp3) is 0.185. The Morgan fingerprint density at radius 2 is 1.75 bits per heavy atom. The molecule has 1 saturated heterocycles. The van der Waals surface area contributed by atoms with Gasteiger partial charge in [-0.1, -0.05) is 42.5 Å². The Morgan fingerprint density at radius 1 is 1.00 bits per heavy atom. The van der Waals surface area contributed by atoms with Crippen LogP contribution in [0.4, 0.5) is 10.3 Å². The molecule has 1 aliphatic rings. The number of fused-ring (bicyclic) bond motifs is 2. The summed E-state index contributed by atoms with van der Waals surface area (Å²) < 4.78 is 15.0. The second kappa shape index (κ2) is 9.04. The van der Waals surface area contributed by atoms with Crippen molar-refractivity contribution in [3.8, 4) is 0 Å². The third-order valence-electron chi connectivity index (χ3n) is 6.84. The first kappa shape index (κ1) is 22.7. The molecular formula is C27H24FN5O2P+. The van der Waals surface area contributed by atoms with E-state index < -0.39 is 7.49 Å². The maximum atomic E-state index is 15.0. The predicted molar refractivity (Wildman–Crippen MR) is 142 cm³/mol. The Morgan fingerprint density at radius 3 is 2.58 bits per heavy atom. The van der Waals surface area contributed by atoms with Gasteiger partial charge in [-0.05, 0) is 29.8 Å². The maximum absolute atomic E-state index is 15.0. The SMILES string of the molecule is O=c1[nH]nc(Cc2ccc(F)c([P+]3(O)CCN(c4ncc5ccccc5n4)CC3)c2)c2ccccc12. The van der Waals surface area contributed by atoms with Crippen LogP contribution in [0.2, 0.25) is 0 Å². The number of anilines is 1. The molecule has 6 rings (SSSR count). The Bertz CT molecular complexity index is 1650. The van der Waals surface area contributed by atoms with E-state index in [4.69, 9.17) is 0 Å². The zero-order chi connectivity index (χ0) is 24.7. The molecule has 0 unspecified atom stereocenters. The number of halogens is 1. The number of para-hydroxylation sites is 1. The molecule has 0 bridgehead atoms. The van der Waals surface area contributed by atoms with Crippen LogP contribution < -0.4 is 15.8 Å². The molecule has 0 amide bonds. The van der Waals surface area contributed by atoms with E-state index >= 15 is 4.39 Å². The standard InChI is InChI=1S/C27H23FN5O2P/c28-22-10-9-18(15-24-20-6-2-3-7-21(20)26(34)32-31-24)16-25(22)36(35)13-11-33(12-14-36)27-29-17-19-5-1-4-8-23(19)30-27/h1-10,16-17,35H,11-15H2/p+1. The molecule has 180 valence electrons. The van der Waals surface area contributed by atoms with Crippen LogP contribution in [0.5, 0.6) is 0 Å². The molecule has 1 aliphatic heterocycles. The van der Waals surface area contributed by atoms with E-state index in [1.54, 1.807) is 18.2 Å². The highest BCUT2D eigenvalue weighted by Crippen LogP contribution is 2.55. The van der Waals surface area contributed by atoms with Gasteiger partial charge in [0, 0.05) is 23.4 Å². The summed E-state index contributed by atoms with van der Waals surface area (Å²) in [5.74, 6) is 0.245. The van der Waals surface area contributed by atoms with Gasteiger partial charge in [0.05, 0.1) is 29.7 Å². The van der Waals surface area contributed by atoms with E-state index in [1.165, 1.54) is 6.07 Å². The van der Waals surface area contributed by atoms with Crippen molar-refractivity contribution in [2.45, 2.75) is 6.42 Å². The Kier molecular flexibility index (Phi) is 5.70. The lowest BCUT2D eigenvalue weighted by molar-refractivity contribution is 0.585.